The van der Waals surface area contributed by atoms with Crippen molar-refractivity contribution in [2.45, 2.75) is 76.7 Å². The van der Waals surface area contributed by atoms with Crippen LogP contribution in [0.5, 0.6) is 0 Å². The molecule has 2 aromatic rings. The summed E-state index contributed by atoms with van der Waals surface area (Å²) < 4.78 is 6.50. The Morgan fingerprint density at radius 1 is 1.13 bits per heavy atom. The van der Waals surface area contributed by atoms with Crippen molar-refractivity contribution in [3.8, 4) is 0 Å². The van der Waals surface area contributed by atoms with E-state index in [4.69, 9.17) is 11.3 Å². The number of nitrogens with zero attached hydrogens (tertiary/aromatic N) is 2. The summed E-state index contributed by atoms with van der Waals surface area (Å²) in [6.45, 7) is 12.2. The van der Waals surface area contributed by atoms with Crippen LogP contribution in [0.4, 0.5) is 5.69 Å². The zero-order valence-corrected chi connectivity index (χ0v) is 19.2. The molecule has 1 aromatic carbocycles. The lowest BCUT2D eigenvalue weighted by Crippen LogP contribution is -2.60. The molecule has 0 saturated heterocycles. The van der Waals surface area contributed by atoms with Gasteiger partial charge >= 0.3 is 0 Å². The number of benzene rings is 1. The lowest BCUT2D eigenvalue weighted by Gasteiger charge is -2.62. The van der Waals surface area contributed by atoms with Crippen molar-refractivity contribution in [3.63, 3.8) is 0 Å². The largest absolute Gasteiger partial charge is 0.377 e. The number of hydrogen-bond donors (Lipinski definition) is 0. The van der Waals surface area contributed by atoms with E-state index in [1.54, 1.807) is 5.56 Å². The van der Waals surface area contributed by atoms with Crippen LogP contribution in [-0.4, -0.2) is 17.7 Å². The minimum absolute atomic E-state index is 0.0909. The van der Waals surface area contributed by atoms with Gasteiger partial charge in [0.1, 0.15) is 0 Å². The number of methoxy groups -OCH3 is 1. The summed E-state index contributed by atoms with van der Waals surface area (Å²) in [6.07, 6.45) is 13.4. The SMILES string of the molecule is [C-]#[N+]c1ccc2c(c1C)CCC1C2CC[C@@]2(C)C1CCC[C@]2(Cc1ccncc1)OC. The molecule has 0 N–H and O–H groups in total. The van der Waals surface area contributed by atoms with Crippen LogP contribution in [-0.2, 0) is 17.6 Å². The van der Waals surface area contributed by atoms with Crippen molar-refractivity contribution in [1.82, 2.24) is 4.98 Å². The molecule has 0 radical (unpaired) electrons. The quantitative estimate of drug-likeness (QED) is 0.515. The summed E-state index contributed by atoms with van der Waals surface area (Å²) in [7, 11) is 1.95. The molecule has 1 heterocycles. The van der Waals surface area contributed by atoms with E-state index in [9.17, 15) is 0 Å². The molecule has 0 spiro atoms. The first-order valence-electron chi connectivity index (χ1n) is 12.0. The fourth-order valence-electron chi connectivity index (χ4n) is 7.79. The minimum Gasteiger partial charge on any atom is -0.377 e. The lowest BCUT2D eigenvalue weighted by atomic mass is 9.45. The lowest BCUT2D eigenvalue weighted by molar-refractivity contribution is -0.188. The van der Waals surface area contributed by atoms with Gasteiger partial charge in [-0.3, -0.25) is 4.98 Å². The molecule has 3 nitrogen and oxygen atoms in total. The Morgan fingerprint density at radius 3 is 2.68 bits per heavy atom. The van der Waals surface area contributed by atoms with Gasteiger partial charge in [0.25, 0.3) is 0 Å². The average molecular weight is 415 g/mol. The molecular formula is C28H34N2O. The Hall–Kier alpha value is -2.18. The maximum Gasteiger partial charge on any atom is 0.190 e. The molecule has 5 atom stereocenters. The molecular weight excluding hydrogens is 380 g/mol. The summed E-state index contributed by atoms with van der Waals surface area (Å²) in [5.41, 5.74) is 6.55. The molecule has 2 fully saturated rings. The molecule has 162 valence electrons. The highest BCUT2D eigenvalue weighted by Gasteiger charge is 2.59. The van der Waals surface area contributed by atoms with Crippen molar-refractivity contribution >= 4 is 5.69 Å². The maximum atomic E-state index is 7.49. The third kappa shape index (κ3) is 3.06. The molecule has 0 amide bonds. The molecule has 3 aliphatic carbocycles. The molecule has 0 aliphatic heterocycles. The van der Waals surface area contributed by atoms with Gasteiger partial charge in [-0.1, -0.05) is 31.0 Å². The van der Waals surface area contributed by atoms with Crippen LogP contribution < -0.4 is 0 Å². The number of pyridine rings is 1. The van der Waals surface area contributed by atoms with E-state index in [0.717, 1.165) is 30.9 Å². The summed E-state index contributed by atoms with van der Waals surface area (Å²) >= 11 is 0. The number of ether oxygens (including phenoxy) is 1. The van der Waals surface area contributed by atoms with E-state index >= 15 is 0 Å². The molecule has 3 unspecified atom stereocenters. The van der Waals surface area contributed by atoms with Crippen LogP contribution in [0.2, 0.25) is 0 Å². The topological polar surface area (TPSA) is 26.5 Å². The molecule has 3 aliphatic rings. The molecule has 0 bridgehead atoms. The van der Waals surface area contributed by atoms with E-state index in [2.05, 4.69) is 47.9 Å². The van der Waals surface area contributed by atoms with Gasteiger partial charge < -0.3 is 4.74 Å². The second kappa shape index (κ2) is 7.75. The van der Waals surface area contributed by atoms with Gasteiger partial charge in [0.05, 0.1) is 12.2 Å². The summed E-state index contributed by atoms with van der Waals surface area (Å²) in [4.78, 5) is 7.98. The van der Waals surface area contributed by atoms with E-state index < -0.39 is 0 Å². The third-order valence-corrected chi connectivity index (χ3v) is 9.45. The van der Waals surface area contributed by atoms with Crippen molar-refractivity contribution in [1.29, 1.82) is 0 Å². The monoisotopic (exact) mass is 414 g/mol. The highest BCUT2D eigenvalue weighted by Crippen LogP contribution is 2.64. The molecule has 5 rings (SSSR count). The van der Waals surface area contributed by atoms with Gasteiger partial charge in [-0.05, 0) is 92.0 Å². The zero-order valence-electron chi connectivity index (χ0n) is 19.2. The minimum atomic E-state index is -0.0909. The second-order valence-corrected chi connectivity index (χ2v) is 10.4. The standard InChI is InChI=1S/C28H34N2O/c1-19-21-7-8-24-23(22(21)9-10-26(19)29-3)11-15-27(2)25(24)6-5-14-28(27,31-4)18-20-12-16-30-17-13-20/h9-10,12-13,16-17,23-25H,5-8,11,14-15,18H2,1-2,4H3/t23?,24?,25?,27-,28+/m0/s1. The summed E-state index contributed by atoms with van der Waals surface area (Å²) in [5.74, 6) is 2.08. The zero-order chi connectivity index (χ0) is 21.6. The fraction of sp³-hybridized carbons (Fsp3) is 0.571. The highest BCUT2D eigenvalue weighted by molar-refractivity contribution is 5.58. The first kappa shape index (κ1) is 20.7. The van der Waals surface area contributed by atoms with Crippen molar-refractivity contribution in [2.24, 2.45) is 17.3 Å². The van der Waals surface area contributed by atoms with Gasteiger partial charge in [0.15, 0.2) is 5.69 Å². The number of fused-ring (bicyclic) bond motifs is 5. The molecule has 1 aromatic heterocycles. The van der Waals surface area contributed by atoms with Crippen LogP contribution in [0, 0.1) is 30.7 Å². The van der Waals surface area contributed by atoms with Crippen LogP contribution in [0.25, 0.3) is 4.85 Å². The van der Waals surface area contributed by atoms with Gasteiger partial charge in [0.2, 0.25) is 0 Å². The Labute approximate surface area is 187 Å². The van der Waals surface area contributed by atoms with E-state index in [1.165, 1.54) is 48.8 Å². The van der Waals surface area contributed by atoms with Gasteiger partial charge in [-0.25, -0.2) is 4.85 Å². The number of rotatable bonds is 3. The van der Waals surface area contributed by atoms with Crippen LogP contribution in [0.3, 0.4) is 0 Å². The molecule has 2 saturated carbocycles. The number of aromatic nitrogens is 1. The predicted octanol–water partition coefficient (Wildman–Crippen LogP) is 6.81. The smallest absolute Gasteiger partial charge is 0.190 e. The van der Waals surface area contributed by atoms with Gasteiger partial charge in [-0.2, -0.15) is 0 Å². The Morgan fingerprint density at radius 2 is 1.94 bits per heavy atom. The Bertz CT molecular complexity index is 1010. The van der Waals surface area contributed by atoms with E-state index in [1.807, 2.05) is 19.5 Å². The second-order valence-electron chi connectivity index (χ2n) is 10.4. The van der Waals surface area contributed by atoms with Gasteiger partial charge in [0, 0.05) is 31.3 Å². The maximum absolute atomic E-state index is 7.49. The van der Waals surface area contributed by atoms with Crippen LogP contribution in [0.15, 0.2) is 36.7 Å². The van der Waals surface area contributed by atoms with E-state index in [-0.39, 0.29) is 11.0 Å². The first-order valence-corrected chi connectivity index (χ1v) is 12.0. The normalized spacial score (nSPS) is 34.2. The average Bonchev–Trinajstić information content (AvgIpc) is 2.80. The number of hydrogen-bond acceptors (Lipinski definition) is 2. The summed E-state index contributed by atoms with van der Waals surface area (Å²) in [6, 6.07) is 8.68. The summed E-state index contributed by atoms with van der Waals surface area (Å²) in [5, 5.41) is 0. The van der Waals surface area contributed by atoms with Gasteiger partial charge in [-0.15, -0.1) is 0 Å². The fourth-order valence-corrected chi connectivity index (χ4v) is 7.79. The van der Waals surface area contributed by atoms with E-state index in [0.29, 0.717) is 11.8 Å². The Kier molecular flexibility index (Phi) is 5.18. The molecule has 31 heavy (non-hydrogen) atoms. The van der Waals surface area contributed by atoms with Crippen molar-refractivity contribution in [3.05, 3.63) is 70.3 Å². The third-order valence-electron chi connectivity index (χ3n) is 9.45. The van der Waals surface area contributed by atoms with Crippen LogP contribution >= 0.6 is 0 Å². The highest BCUT2D eigenvalue weighted by atomic mass is 16.5. The predicted molar refractivity (Wildman–Crippen MR) is 124 cm³/mol. The molecule has 3 heteroatoms. The van der Waals surface area contributed by atoms with Crippen LogP contribution in [0.1, 0.15) is 73.6 Å². The first-order chi connectivity index (χ1) is 15.0. The Balaban J connectivity index is 1.50. The van der Waals surface area contributed by atoms with Crippen molar-refractivity contribution in [2.75, 3.05) is 7.11 Å². The van der Waals surface area contributed by atoms with Crippen molar-refractivity contribution < 1.29 is 4.74 Å².